The maximum atomic E-state index is 12.3. The van der Waals surface area contributed by atoms with Crippen molar-refractivity contribution in [3.63, 3.8) is 0 Å². The Morgan fingerprint density at radius 3 is 2.59 bits per heavy atom. The quantitative estimate of drug-likeness (QED) is 0.281. The zero-order valence-electron chi connectivity index (χ0n) is 9.98. The van der Waals surface area contributed by atoms with Gasteiger partial charge in [0.15, 0.2) is 5.84 Å². The van der Waals surface area contributed by atoms with E-state index in [0.717, 1.165) is 6.42 Å². The first-order chi connectivity index (χ1) is 8.10. The van der Waals surface area contributed by atoms with Gasteiger partial charge < -0.3 is 21.0 Å². The highest BCUT2D eigenvalue weighted by atomic mass is 16.5. The molecule has 1 saturated heterocycles. The number of nitrogens with two attached hydrogens (primary N) is 1. The van der Waals surface area contributed by atoms with Gasteiger partial charge in [0.25, 0.3) is 0 Å². The molecule has 1 amide bonds. The summed E-state index contributed by atoms with van der Waals surface area (Å²) in [6.45, 7) is 3.01. The Kier molecular flexibility index (Phi) is 3.24. The Balaban J connectivity index is 2.11. The minimum absolute atomic E-state index is 0.00777. The first-order valence-corrected chi connectivity index (χ1v) is 5.97. The molecule has 1 aliphatic carbocycles. The lowest BCUT2D eigenvalue weighted by atomic mass is 9.78. The Hall–Kier alpha value is -1.30. The Morgan fingerprint density at radius 1 is 1.53 bits per heavy atom. The van der Waals surface area contributed by atoms with E-state index in [0.29, 0.717) is 32.0 Å². The van der Waals surface area contributed by atoms with Crippen LogP contribution in [-0.4, -0.2) is 36.2 Å². The maximum absolute atomic E-state index is 12.3. The van der Waals surface area contributed by atoms with Crippen LogP contribution in [0.4, 0.5) is 0 Å². The van der Waals surface area contributed by atoms with Gasteiger partial charge in [-0.15, -0.1) is 0 Å². The minimum Gasteiger partial charge on any atom is -0.409 e. The van der Waals surface area contributed by atoms with Crippen molar-refractivity contribution in [2.75, 3.05) is 13.2 Å². The molecule has 6 heteroatoms. The van der Waals surface area contributed by atoms with Crippen LogP contribution in [0.5, 0.6) is 0 Å². The van der Waals surface area contributed by atoms with Gasteiger partial charge in [-0.3, -0.25) is 4.79 Å². The van der Waals surface area contributed by atoms with E-state index in [1.807, 2.05) is 0 Å². The molecule has 2 unspecified atom stereocenters. The van der Waals surface area contributed by atoms with Crippen molar-refractivity contribution in [3.05, 3.63) is 0 Å². The number of hydrogen-bond donors (Lipinski definition) is 3. The van der Waals surface area contributed by atoms with Gasteiger partial charge in [0, 0.05) is 19.3 Å². The van der Waals surface area contributed by atoms with Crippen LogP contribution in [0.2, 0.25) is 0 Å². The van der Waals surface area contributed by atoms with Gasteiger partial charge in [-0.25, -0.2) is 0 Å². The van der Waals surface area contributed by atoms with Gasteiger partial charge in [-0.1, -0.05) is 12.1 Å². The predicted molar refractivity (Wildman–Crippen MR) is 61.6 cm³/mol. The lowest BCUT2D eigenvalue weighted by Crippen LogP contribution is -2.53. The zero-order valence-corrected chi connectivity index (χ0v) is 9.98. The number of nitrogens with one attached hydrogen (secondary N) is 1. The molecule has 1 aliphatic heterocycles. The van der Waals surface area contributed by atoms with Gasteiger partial charge in [0.2, 0.25) is 5.91 Å². The Labute approximate surface area is 100 Å². The molecule has 0 aromatic carbocycles. The molecule has 2 atom stereocenters. The molecule has 0 aromatic rings. The van der Waals surface area contributed by atoms with E-state index in [1.165, 1.54) is 0 Å². The molecule has 0 spiro atoms. The molecule has 6 nitrogen and oxygen atoms in total. The van der Waals surface area contributed by atoms with Crippen LogP contribution < -0.4 is 11.1 Å². The molecule has 1 heterocycles. The summed E-state index contributed by atoms with van der Waals surface area (Å²) in [6.07, 6.45) is 1.94. The molecular formula is C11H19N3O3. The van der Waals surface area contributed by atoms with Crippen molar-refractivity contribution in [3.8, 4) is 0 Å². The van der Waals surface area contributed by atoms with Gasteiger partial charge in [0.1, 0.15) is 5.41 Å². The summed E-state index contributed by atoms with van der Waals surface area (Å²) in [5.74, 6) is 0.389. The normalized spacial score (nSPS) is 31.9. The van der Waals surface area contributed by atoms with Crippen LogP contribution in [-0.2, 0) is 9.53 Å². The third kappa shape index (κ3) is 2.22. The highest BCUT2D eigenvalue weighted by molar-refractivity contribution is 6.07. The third-order valence-electron chi connectivity index (χ3n) is 3.81. The summed E-state index contributed by atoms with van der Waals surface area (Å²) in [6, 6.07) is 0.244. The molecule has 17 heavy (non-hydrogen) atoms. The third-order valence-corrected chi connectivity index (χ3v) is 3.81. The molecule has 2 aliphatic rings. The highest BCUT2D eigenvalue weighted by Crippen LogP contribution is 2.34. The molecule has 2 rings (SSSR count). The van der Waals surface area contributed by atoms with Crippen LogP contribution >= 0.6 is 0 Å². The number of carbonyl (C=O) groups excluding carboxylic acids is 1. The molecule has 0 aromatic heterocycles. The van der Waals surface area contributed by atoms with Crippen molar-refractivity contribution < 1.29 is 14.7 Å². The van der Waals surface area contributed by atoms with E-state index in [1.54, 1.807) is 0 Å². The van der Waals surface area contributed by atoms with E-state index >= 15 is 0 Å². The van der Waals surface area contributed by atoms with Crippen molar-refractivity contribution in [1.29, 1.82) is 0 Å². The fraction of sp³-hybridized carbons (Fsp3) is 0.818. The van der Waals surface area contributed by atoms with Crippen molar-refractivity contribution in [1.82, 2.24) is 5.32 Å². The fourth-order valence-corrected chi connectivity index (χ4v) is 2.24. The minimum atomic E-state index is -0.894. The molecule has 0 radical (unpaired) electrons. The molecule has 0 bridgehead atoms. The number of rotatable bonds is 3. The Morgan fingerprint density at radius 2 is 2.12 bits per heavy atom. The molecule has 4 N–H and O–H groups in total. The predicted octanol–water partition coefficient (Wildman–Crippen LogP) is 0.0542. The van der Waals surface area contributed by atoms with E-state index in [4.69, 9.17) is 15.7 Å². The van der Waals surface area contributed by atoms with Gasteiger partial charge in [-0.05, 0) is 25.2 Å². The van der Waals surface area contributed by atoms with E-state index in [-0.39, 0.29) is 17.8 Å². The second kappa shape index (κ2) is 4.52. The van der Waals surface area contributed by atoms with Crippen molar-refractivity contribution in [2.24, 2.45) is 22.2 Å². The van der Waals surface area contributed by atoms with Crippen LogP contribution in [0.25, 0.3) is 0 Å². The SMILES string of the molecule is CC1CC1NC(=O)C1(C(N)=NO)CCOCC1. The van der Waals surface area contributed by atoms with Crippen LogP contribution in [0.15, 0.2) is 5.16 Å². The van der Waals surface area contributed by atoms with Crippen LogP contribution in [0, 0.1) is 11.3 Å². The Bertz CT molecular complexity index is 337. The van der Waals surface area contributed by atoms with E-state index in [2.05, 4.69) is 17.4 Å². The topological polar surface area (TPSA) is 96.9 Å². The average Bonchev–Trinajstić information content (AvgIpc) is 3.04. The number of ether oxygens (including phenoxy) is 1. The monoisotopic (exact) mass is 241 g/mol. The van der Waals surface area contributed by atoms with E-state index < -0.39 is 5.41 Å². The summed E-state index contributed by atoms with van der Waals surface area (Å²) in [4.78, 5) is 12.3. The number of nitrogens with zero attached hydrogens (tertiary/aromatic N) is 1. The van der Waals surface area contributed by atoms with Crippen LogP contribution in [0.3, 0.4) is 0 Å². The number of oxime groups is 1. The van der Waals surface area contributed by atoms with Gasteiger partial charge >= 0.3 is 0 Å². The number of carbonyl (C=O) groups is 1. The molecule has 2 fully saturated rings. The molecule has 96 valence electrons. The summed E-state index contributed by atoms with van der Waals surface area (Å²) in [7, 11) is 0. The lowest BCUT2D eigenvalue weighted by Gasteiger charge is -2.34. The molecule has 1 saturated carbocycles. The number of amides is 1. The number of amidine groups is 1. The average molecular weight is 241 g/mol. The summed E-state index contributed by atoms with van der Waals surface area (Å²) in [5.41, 5.74) is 4.80. The van der Waals surface area contributed by atoms with Crippen molar-refractivity contribution >= 4 is 11.7 Å². The van der Waals surface area contributed by atoms with Gasteiger partial charge in [-0.2, -0.15) is 0 Å². The fourth-order valence-electron chi connectivity index (χ4n) is 2.24. The standard InChI is InChI=1S/C11H19N3O3/c1-7-6-8(7)13-10(15)11(9(12)14-16)2-4-17-5-3-11/h7-8,16H,2-6H2,1H3,(H2,12,14)(H,13,15). The van der Waals surface area contributed by atoms with E-state index in [9.17, 15) is 4.79 Å². The number of hydrogen-bond acceptors (Lipinski definition) is 4. The second-order valence-corrected chi connectivity index (χ2v) is 4.97. The summed E-state index contributed by atoms with van der Waals surface area (Å²) < 4.78 is 5.24. The molecular weight excluding hydrogens is 222 g/mol. The van der Waals surface area contributed by atoms with Gasteiger partial charge in [0.05, 0.1) is 0 Å². The second-order valence-electron chi connectivity index (χ2n) is 4.97. The first kappa shape index (κ1) is 12.2. The largest absolute Gasteiger partial charge is 0.409 e. The summed E-state index contributed by atoms with van der Waals surface area (Å²) >= 11 is 0. The first-order valence-electron chi connectivity index (χ1n) is 5.97. The van der Waals surface area contributed by atoms with Crippen LogP contribution in [0.1, 0.15) is 26.2 Å². The lowest BCUT2D eigenvalue weighted by molar-refractivity contribution is -0.131. The zero-order chi connectivity index (χ0) is 12.5. The summed E-state index contributed by atoms with van der Waals surface area (Å²) in [5, 5.41) is 14.8. The smallest absolute Gasteiger partial charge is 0.234 e. The maximum Gasteiger partial charge on any atom is 0.234 e. The highest BCUT2D eigenvalue weighted by Gasteiger charge is 2.47. The van der Waals surface area contributed by atoms with Crippen molar-refractivity contribution in [2.45, 2.75) is 32.2 Å².